The Bertz CT molecular complexity index is 279. The quantitative estimate of drug-likeness (QED) is 0.777. The third kappa shape index (κ3) is 3.14. The molecule has 0 radical (unpaired) electrons. The van der Waals surface area contributed by atoms with Gasteiger partial charge >= 0.3 is 0 Å². The van der Waals surface area contributed by atoms with Gasteiger partial charge in [0.1, 0.15) is 0 Å². The fourth-order valence-corrected chi connectivity index (χ4v) is 3.97. The van der Waals surface area contributed by atoms with Crippen LogP contribution >= 0.6 is 0 Å². The Morgan fingerprint density at radius 1 is 1.26 bits per heavy atom. The van der Waals surface area contributed by atoms with E-state index in [9.17, 15) is 0 Å². The van der Waals surface area contributed by atoms with E-state index in [1.165, 1.54) is 51.7 Å². The van der Waals surface area contributed by atoms with Crippen LogP contribution < -0.4 is 10.6 Å². The Kier molecular flexibility index (Phi) is 4.91. The minimum absolute atomic E-state index is 0.287. The van der Waals surface area contributed by atoms with Crippen LogP contribution in [0.5, 0.6) is 0 Å². The van der Waals surface area contributed by atoms with Crippen LogP contribution in [0, 0.1) is 10.8 Å². The molecule has 2 N–H and O–H groups in total. The molecule has 3 nitrogen and oxygen atoms in total. The standard InChI is InChI=1S/C16H32N2O/c1-5-6-16(7-9-17-10-8-16)12-18-13-11-14(19-4)15(13,2)3/h13-14,17-18H,5-12H2,1-4H3. The molecule has 0 aromatic rings. The summed E-state index contributed by atoms with van der Waals surface area (Å²) >= 11 is 0. The van der Waals surface area contributed by atoms with Gasteiger partial charge in [0.05, 0.1) is 6.10 Å². The molecule has 1 saturated heterocycles. The van der Waals surface area contributed by atoms with E-state index < -0.39 is 0 Å². The molecule has 1 aliphatic carbocycles. The highest BCUT2D eigenvalue weighted by atomic mass is 16.5. The zero-order valence-electron chi connectivity index (χ0n) is 13.2. The lowest BCUT2D eigenvalue weighted by atomic mass is 9.64. The fourth-order valence-electron chi connectivity index (χ4n) is 3.97. The largest absolute Gasteiger partial charge is 0.381 e. The molecule has 2 rings (SSSR count). The number of methoxy groups -OCH3 is 1. The Hall–Kier alpha value is -0.120. The average molecular weight is 268 g/mol. The Morgan fingerprint density at radius 3 is 2.47 bits per heavy atom. The Balaban J connectivity index is 1.86. The third-order valence-electron chi connectivity index (χ3n) is 5.63. The summed E-state index contributed by atoms with van der Waals surface area (Å²) in [4.78, 5) is 0. The minimum Gasteiger partial charge on any atom is -0.381 e. The Labute approximate surface area is 118 Å². The first-order valence-corrected chi connectivity index (χ1v) is 8.01. The molecule has 0 aromatic carbocycles. The van der Waals surface area contributed by atoms with Crippen LogP contribution in [0.3, 0.4) is 0 Å². The van der Waals surface area contributed by atoms with E-state index in [1.54, 1.807) is 0 Å². The van der Waals surface area contributed by atoms with E-state index in [0.717, 1.165) is 0 Å². The molecule has 0 amide bonds. The van der Waals surface area contributed by atoms with Gasteiger partial charge in [-0.2, -0.15) is 0 Å². The van der Waals surface area contributed by atoms with Gasteiger partial charge in [-0.25, -0.2) is 0 Å². The highest BCUT2D eigenvalue weighted by molar-refractivity contribution is 5.03. The zero-order valence-corrected chi connectivity index (χ0v) is 13.2. The van der Waals surface area contributed by atoms with Crippen LogP contribution in [0.1, 0.15) is 52.9 Å². The lowest BCUT2D eigenvalue weighted by Gasteiger charge is -2.53. The molecule has 0 spiro atoms. The van der Waals surface area contributed by atoms with Crippen molar-refractivity contribution in [2.24, 2.45) is 10.8 Å². The summed E-state index contributed by atoms with van der Waals surface area (Å²) in [6, 6.07) is 0.626. The van der Waals surface area contributed by atoms with Crippen molar-refractivity contribution >= 4 is 0 Å². The molecule has 1 heterocycles. The summed E-state index contributed by atoms with van der Waals surface area (Å²) < 4.78 is 5.55. The number of ether oxygens (including phenoxy) is 1. The number of hydrogen-bond donors (Lipinski definition) is 2. The van der Waals surface area contributed by atoms with E-state index in [4.69, 9.17) is 4.74 Å². The highest BCUT2D eigenvalue weighted by Gasteiger charge is 2.48. The molecular weight excluding hydrogens is 236 g/mol. The third-order valence-corrected chi connectivity index (χ3v) is 5.63. The van der Waals surface area contributed by atoms with Crippen molar-refractivity contribution in [2.75, 3.05) is 26.7 Å². The summed E-state index contributed by atoms with van der Waals surface area (Å²) in [5.41, 5.74) is 0.823. The second-order valence-electron chi connectivity index (χ2n) is 7.21. The topological polar surface area (TPSA) is 33.3 Å². The second kappa shape index (κ2) is 6.11. The van der Waals surface area contributed by atoms with Gasteiger partial charge in [-0.1, -0.05) is 27.2 Å². The number of nitrogens with one attached hydrogen (secondary N) is 2. The van der Waals surface area contributed by atoms with Crippen molar-refractivity contribution < 1.29 is 4.74 Å². The number of piperidine rings is 1. The smallest absolute Gasteiger partial charge is 0.0652 e. The van der Waals surface area contributed by atoms with Gasteiger partial charge < -0.3 is 15.4 Å². The molecule has 1 saturated carbocycles. The van der Waals surface area contributed by atoms with Gasteiger partial charge in [0.2, 0.25) is 0 Å². The first-order valence-electron chi connectivity index (χ1n) is 8.01. The van der Waals surface area contributed by atoms with Gasteiger partial charge in [0.15, 0.2) is 0 Å². The van der Waals surface area contributed by atoms with Crippen molar-refractivity contribution in [3.8, 4) is 0 Å². The van der Waals surface area contributed by atoms with Crippen LogP contribution in [0.2, 0.25) is 0 Å². The molecule has 0 bridgehead atoms. The van der Waals surface area contributed by atoms with Gasteiger partial charge in [-0.3, -0.25) is 0 Å². The molecule has 2 atom stereocenters. The predicted octanol–water partition coefficient (Wildman–Crippen LogP) is 2.56. The summed E-state index contributed by atoms with van der Waals surface area (Å²) in [6.07, 6.45) is 6.92. The first kappa shape index (κ1) is 15.3. The summed E-state index contributed by atoms with van der Waals surface area (Å²) in [5.74, 6) is 0. The first-order chi connectivity index (χ1) is 9.04. The van der Waals surface area contributed by atoms with Crippen molar-refractivity contribution in [1.29, 1.82) is 0 Å². The second-order valence-corrected chi connectivity index (χ2v) is 7.21. The zero-order chi connectivity index (χ0) is 13.9. The maximum absolute atomic E-state index is 5.55. The van der Waals surface area contributed by atoms with Crippen LogP contribution in [-0.4, -0.2) is 38.9 Å². The molecule has 112 valence electrons. The molecule has 2 unspecified atom stereocenters. The van der Waals surface area contributed by atoms with E-state index in [2.05, 4.69) is 31.4 Å². The van der Waals surface area contributed by atoms with E-state index in [-0.39, 0.29) is 5.41 Å². The van der Waals surface area contributed by atoms with Crippen LogP contribution in [0.4, 0.5) is 0 Å². The lowest BCUT2D eigenvalue weighted by Crippen LogP contribution is -2.62. The molecule has 19 heavy (non-hydrogen) atoms. The van der Waals surface area contributed by atoms with E-state index in [0.29, 0.717) is 17.6 Å². The van der Waals surface area contributed by atoms with Crippen molar-refractivity contribution in [2.45, 2.75) is 65.0 Å². The molecule has 3 heteroatoms. The maximum Gasteiger partial charge on any atom is 0.0652 e. The molecule has 2 fully saturated rings. The predicted molar refractivity (Wildman–Crippen MR) is 80.4 cm³/mol. The fraction of sp³-hybridized carbons (Fsp3) is 1.00. The maximum atomic E-state index is 5.55. The van der Waals surface area contributed by atoms with Gasteiger partial charge in [0, 0.05) is 25.1 Å². The number of rotatable bonds is 6. The van der Waals surface area contributed by atoms with Crippen LogP contribution in [0.15, 0.2) is 0 Å². The minimum atomic E-state index is 0.287. The van der Waals surface area contributed by atoms with Crippen molar-refractivity contribution in [3.05, 3.63) is 0 Å². The van der Waals surface area contributed by atoms with E-state index in [1.807, 2.05) is 7.11 Å². The summed E-state index contributed by atoms with van der Waals surface area (Å²) in [5, 5.41) is 7.36. The van der Waals surface area contributed by atoms with Gasteiger partial charge in [-0.05, 0) is 44.2 Å². The van der Waals surface area contributed by atoms with Crippen molar-refractivity contribution in [3.63, 3.8) is 0 Å². The van der Waals surface area contributed by atoms with Crippen LogP contribution in [0.25, 0.3) is 0 Å². The summed E-state index contributed by atoms with van der Waals surface area (Å²) in [6.45, 7) is 10.5. The van der Waals surface area contributed by atoms with Gasteiger partial charge in [0.25, 0.3) is 0 Å². The molecule has 1 aliphatic heterocycles. The monoisotopic (exact) mass is 268 g/mol. The van der Waals surface area contributed by atoms with Gasteiger partial charge in [-0.15, -0.1) is 0 Å². The van der Waals surface area contributed by atoms with Crippen molar-refractivity contribution in [1.82, 2.24) is 10.6 Å². The van der Waals surface area contributed by atoms with Crippen LogP contribution in [-0.2, 0) is 4.74 Å². The molecule has 0 aromatic heterocycles. The summed E-state index contributed by atoms with van der Waals surface area (Å²) in [7, 11) is 1.84. The molecular formula is C16H32N2O. The molecule has 2 aliphatic rings. The average Bonchev–Trinajstić information content (AvgIpc) is 2.39. The van der Waals surface area contributed by atoms with E-state index >= 15 is 0 Å². The SMILES string of the molecule is CCCC1(CNC2CC(OC)C2(C)C)CCNCC1. The highest BCUT2D eigenvalue weighted by Crippen LogP contribution is 2.43. The Morgan fingerprint density at radius 2 is 1.95 bits per heavy atom. The number of hydrogen-bond acceptors (Lipinski definition) is 3. The lowest BCUT2D eigenvalue weighted by molar-refractivity contribution is -0.100. The normalized spacial score (nSPS) is 32.8.